The third-order valence-corrected chi connectivity index (χ3v) is 2.16. The van der Waals surface area contributed by atoms with Gasteiger partial charge in [-0.3, -0.25) is 9.48 Å². The molecule has 0 N–H and O–H groups in total. The molecule has 0 aliphatic rings. The number of hydrogen-bond acceptors (Lipinski definition) is 3. The minimum atomic E-state index is -4.32. The Morgan fingerprint density at radius 3 is 2.78 bits per heavy atom. The Hall–Kier alpha value is -2.18. The van der Waals surface area contributed by atoms with E-state index in [4.69, 9.17) is 0 Å². The van der Waals surface area contributed by atoms with E-state index in [0.29, 0.717) is 17.5 Å². The molecule has 0 spiro atoms. The van der Waals surface area contributed by atoms with E-state index in [1.165, 1.54) is 18.5 Å². The van der Waals surface area contributed by atoms with Crippen molar-refractivity contribution in [2.24, 2.45) is 0 Å². The first-order valence-electron chi connectivity index (χ1n) is 5.00. The molecule has 0 atom stereocenters. The summed E-state index contributed by atoms with van der Waals surface area (Å²) in [6.45, 7) is -1.15. The summed E-state index contributed by atoms with van der Waals surface area (Å²) in [4.78, 5) is 14.5. The first-order valence-corrected chi connectivity index (χ1v) is 5.00. The largest absolute Gasteiger partial charge is 0.408 e. The summed E-state index contributed by atoms with van der Waals surface area (Å²) < 4.78 is 37.2. The van der Waals surface area contributed by atoms with E-state index in [0.717, 1.165) is 4.68 Å². The Morgan fingerprint density at radius 1 is 1.33 bits per heavy atom. The molecule has 2 aromatic rings. The van der Waals surface area contributed by atoms with Gasteiger partial charge in [-0.2, -0.15) is 18.3 Å². The van der Waals surface area contributed by atoms with Crippen LogP contribution in [0.1, 0.15) is 10.5 Å². The molecule has 0 aromatic carbocycles. The molecule has 0 aliphatic carbocycles. The van der Waals surface area contributed by atoms with Crippen LogP contribution in [0.4, 0.5) is 13.2 Å². The molecule has 0 aliphatic heterocycles. The van der Waals surface area contributed by atoms with Crippen molar-refractivity contribution in [1.82, 2.24) is 14.8 Å². The molecule has 94 valence electrons. The normalized spacial score (nSPS) is 11.5. The molecular formula is C11H8F3N3O. The van der Waals surface area contributed by atoms with Crippen molar-refractivity contribution in [1.29, 1.82) is 0 Å². The van der Waals surface area contributed by atoms with Gasteiger partial charge in [0.1, 0.15) is 12.2 Å². The minimum Gasteiger partial charge on any atom is -0.296 e. The molecule has 0 amide bonds. The number of nitrogens with zero attached hydrogens (tertiary/aromatic N) is 3. The maximum atomic E-state index is 12.1. The van der Waals surface area contributed by atoms with Crippen molar-refractivity contribution in [2.45, 2.75) is 12.7 Å². The zero-order valence-corrected chi connectivity index (χ0v) is 9.05. The number of pyridine rings is 1. The number of aldehydes is 1. The SMILES string of the molecule is O=Cc1cccc(-c2cnn(CC(F)(F)F)c2)n1. The summed E-state index contributed by atoms with van der Waals surface area (Å²) in [6, 6.07) is 4.71. The van der Waals surface area contributed by atoms with E-state index < -0.39 is 12.7 Å². The smallest absolute Gasteiger partial charge is 0.296 e. The van der Waals surface area contributed by atoms with Crippen LogP contribution in [0.25, 0.3) is 11.3 Å². The van der Waals surface area contributed by atoms with E-state index in [2.05, 4.69) is 10.1 Å². The second-order valence-corrected chi connectivity index (χ2v) is 3.61. The highest BCUT2D eigenvalue weighted by Gasteiger charge is 2.28. The lowest BCUT2D eigenvalue weighted by Crippen LogP contribution is -2.17. The number of carbonyl (C=O) groups is 1. The highest BCUT2D eigenvalue weighted by Crippen LogP contribution is 2.20. The molecule has 0 saturated carbocycles. The summed E-state index contributed by atoms with van der Waals surface area (Å²) in [6.07, 6.45) is -1.22. The number of rotatable bonds is 3. The van der Waals surface area contributed by atoms with Crippen LogP contribution in [0.15, 0.2) is 30.6 Å². The third-order valence-electron chi connectivity index (χ3n) is 2.16. The standard InChI is InChI=1S/C11H8F3N3O/c12-11(13,14)7-17-5-8(4-15-17)10-3-1-2-9(6-18)16-10/h1-6H,7H2. The lowest BCUT2D eigenvalue weighted by atomic mass is 10.2. The van der Waals surface area contributed by atoms with E-state index in [1.54, 1.807) is 12.1 Å². The Balaban J connectivity index is 2.26. The summed E-state index contributed by atoms with van der Waals surface area (Å²) >= 11 is 0. The fourth-order valence-electron chi connectivity index (χ4n) is 1.44. The van der Waals surface area contributed by atoms with Crippen LogP contribution in [-0.2, 0) is 6.54 Å². The van der Waals surface area contributed by atoms with Gasteiger partial charge in [0.25, 0.3) is 0 Å². The van der Waals surface area contributed by atoms with Gasteiger partial charge in [0.15, 0.2) is 6.29 Å². The van der Waals surface area contributed by atoms with Gasteiger partial charge in [0.2, 0.25) is 0 Å². The third kappa shape index (κ3) is 2.93. The van der Waals surface area contributed by atoms with Crippen molar-refractivity contribution in [2.75, 3.05) is 0 Å². The average molecular weight is 255 g/mol. The van der Waals surface area contributed by atoms with E-state index >= 15 is 0 Å². The zero-order chi connectivity index (χ0) is 13.2. The fourth-order valence-corrected chi connectivity index (χ4v) is 1.44. The zero-order valence-electron chi connectivity index (χ0n) is 9.05. The molecule has 18 heavy (non-hydrogen) atoms. The van der Waals surface area contributed by atoms with Crippen molar-refractivity contribution < 1.29 is 18.0 Å². The number of alkyl halides is 3. The highest BCUT2D eigenvalue weighted by molar-refractivity contribution is 5.73. The number of hydrogen-bond donors (Lipinski definition) is 0. The van der Waals surface area contributed by atoms with Gasteiger partial charge < -0.3 is 0 Å². The molecule has 0 unspecified atom stereocenters. The molecule has 2 rings (SSSR count). The topological polar surface area (TPSA) is 47.8 Å². The van der Waals surface area contributed by atoms with Gasteiger partial charge in [0, 0.05) is 11.8 Å². The Bertz CT molecular complexity index is 563. The lowest BCUT2D eigenvalue weighted by molar-refractivity contribution is -0.142. The predicted octanol–water partition coefficient (Wildman–Crippen LogP) is 2.32. The van der Waals surface area contributed by atoms with Gasteiger partial charge in [0.05, 0.1) is 11.9 Å². The van der Waals surface area contributed by atoms with Crippen molar-refractivity contribution >= 4 is 6.29 Å². The Labute approximate surface area is 100 Å². The van der Waals surface area contributed by atoms with Crippen molar-refractivity contribution in [3.8, 4) is 11.3 Å². The Kier molecular flexibility index (Phi) is 3.14. The van der Waals surface area contributed by atoms with Gasteiger partial charge in [-0.1, -0.05) is 6.07 Å². The maximum Gasteiger partial charge on any atom is 0.408 e. The predicted molar refractivity (Wildman–Crippen MR) is 56.9 cm³/mol. The van der Waals surface area contributed by atoms with Crippen molar-refractivity contribution in [3.63, 3.8) is 0 Å². The average Bonchev–Trinajstić information content (AvgIpc) is 2.75. The second-order valence-electron chi connectivity index (χ2n) is 3.61. The van der Waals surface area contributed by atoms with E-state index in [9.17, 15) is 18.0 Å². The van der Waals surface area contributed by atoms with Crippen LogP contribution in [0.3, 0.4) is 0 Å². The maximum absolute atomic E-state index is 12.1. The van der Waals surface area contributed by atoms with Crippen LogP contribution in [0.5, 0.6) is 0 Å². The van der Waals surface area contributed by atoms with Crippen LogP contribution in [-0.4, -0.2) is 27.2 Å². The Morgan fingerprint density at radius 2 is 2.11 bits per heavy atom. The van der Waals surface area contributed by atoms with Crippen LogP contribution in [0.2, 0.25) is 0 Å². The van der Waals surface area contributed by atoms with Gasteiger partial charge >= 0.3 is 6.18 Å². The molecule has 0 saturated heterocycles. The summed E-state index contributed by atoms with van der Waals surface area (Å²) in [5.74, 6) is 0. The van der Waals surface area contributed by atoms with Crippen LogP contribution in [0, 0.1) is 0 Å². The van der Waals surface area contributed by atoms with Crippen molar-refractivity contribution in [3.05, 3.63) is 36.3 Å². The molecule has 2 aromatic heterocycles. The monoisotopic (exact) mass is 255 g/mol. The van der Waals surface area contributed by atoms with Crippen LogP contribution < -0.4 is 0 Å². The minimum absolute atomic E-state index is 0.219. The van der Waals surface area contributed by atoms with Gasteiger partial charge in [-0.25, -0.2) is 4.98 Å². The van der Waals surface area contributed by atoms with Crippen LogP contribution >= 0.6 is 0 Å². The molecule has 4 nitrogen and oxygen atoms in total. The lowest BCUT2D eigenvalue weighted by Gasteiger charge is -2.05. The van der Waals surface area contributed by atoms with Gasteiger partial charge in [-0.05, 0) is 12.1 Å². The van der Waals surface area contributed by atoms with Gasteiger partial charge in [-0.15, -0.1) is 0 Å². The van der Waals surface area contributed by atoms with E-state index in [-0.39, 0.29) is 5.69 Å². The first-order chi connectivity index (χ1) is 8.48. The summed E-state index contributed by atoms with van der Waals surface area (Å²) in [5, 5.41) is 3.60. The highest BCUT2D eigenvalue weighted by atomic mass is 19.4. The summed E-state index contributed by atoms with van der Waals surface area (Å²) in [7, 11) is 0. The molecule has 7 heteroatoms. The number of carbonyl (C=O) groups excluding carboxylic acids is 1. The quantitative estimate of drug-likeness (QED) is 0.791. The van der Waals surface area contributed by atoms with E-state index in [1.807, 2.05) is 0 Å². The number of halogens is 3. The first kappa shape index (κ1) is 12.3. The fraction of sp³-hybridized carbons (Fsp3) is 0.182. The molecule has 0 bridgehead atoms. The number of aromatic nitrogens is 3. The molecular weight excluding hydrogens is 247 g/mol. The molecule has 2 heterocycles. The second kappa shape index (κ2) is 4.59. The summed E-state index contributed by atoms with van der Waals surface area (Å²) in [5.41, 5.74) is 1.06. The molecule has 0 fully saturated rings. The molecule has 0 radical (unpaired) electrons.